The van der Waals surface area contributed by atoms with Gasteiger partial charge in [-0.15, -0.1) is 10.2 Å². The molecule has 2 bridgehead atoms. The second-order valence-electron chi connectivity index (χ2n) is 9.07. The molecule has 0 aliphatic carbocycles. The van der Waals surface area contributed by atoms with Gasteiger partial charge in [0.25, 0.3) is 5.88 Å². The van der Waals surface area contributed by atoms with Crippen LogP contribution in [0.3, 0.4) is 0 Å². The van der Waals surface area contributed by atoms with Crippen LogP contribution in [0.5, 0.6) is 17.4 Å². The largest absolute Gasteiger partial charge is 0.507 e. The second-order valence-corrected chi connectivity index (χ2v) is 9.07. The Kier molecular flexibility index (Phi) is 5.17. The SMILES string of the molecule is CN(c1cnc(-c2ccc(-c3cnc4c(c3)OCO4)cc2O)nn1)[C@H]1C[C@@H]2CCC[C@@H](N2)[C@H]1F. The van der Waals surface area contributed by atoms with Gasteiger partial charge in [-0.05, 0) is 43.0 Å². The first-order chi connectivity index (χ1) is 16.6. The normalized spacial score (nSPS) is 25.2. The van der Waals surface area contributed by atoms with E-state index in [9.17, 15) is 5.11 Å². The number of hydrogen-bond acceptors (Lipinski definition) is 9. The highest BCUT2D eigenvalue weighted by Gasteiger charge is 2.42. The summed E-state index contributed by atoms with van der Waals surface area (Å²) in [5.41, 5.74) is 2.01. The molecule has 4 atom stereocenters. The zero-order valence-corrected chi connectivity index (χ0v) is 18.7. The Bertz CT molecular complexity index is 1210. The summed E-state index contributed by atoms with van der Waals surface area (Å²) in [4.78, 5) is 10.5. The molecule has 2 fully saturated rings. The Labute approximate surface area is 196 Å². The number of rotatable bonds is 4. The summed E-state index contributed by atoms with van der Waals surface area (Å²) in [6.45, 7) is 0.149. The van der Waals surface area contributed by atoms with Crippen LogP contribution in [-0.2, 0) is 0 Å². The van der Waals surface area contributed by atoms with E-state index in [0.29, 0.717) is 34.9 Å². The molecule has 0 saturated carbocycles. The van der Waals surface area contributed by atoms with Crippen molar-refractivity contribution in [2.75, 3.05) is 18.7 Å². The molecular formula is C24H25FN6O3. The third kappa shape index (κ3) is 3.67. The van der Waals surface area contributed by atoms with Crippen molar-refractivity contribution in [3.63, 3.8) is 0 Å². The van der Waals surface area contributed by atoms with E-state index in [1.807, 2.05) is 24.1 Å². The summed E-state index contributed by atoms with van der Waals surface area (Å²) < 4.78 is 25.7. The maximum Gasteiger partial charge on any atom is 0.260 e. The van der Waals surface area contributed by atoms with E-state index in [1.54, 1.807) is 24.5 Å². The average Bonchev–Trinajstić information content (AvgIpc) is 3.34. The van der Waals surface area contributed by atoms with Crippen molar-refractivity contribution >= 4 is 5.82 Å². The number of halogens is 1. The van der Waals surface area contributed by atoms with E-state index in [-0.39, 0.29) is 24.6 Å². The fourth-order valence-corrected chi connectivity index (χ4v) is 5.13. The van der Waals surface area contributed by atoms with Crippen molar-refractivity contribution in [3.05, 3.63) is 36.7 Å². The number of phenolic OH excluding ortho intramolecular Hbond substituents is 1. The molecular weight excluding hydrogens is 439 g/mol. The minimum atomic E-state index is -0.967. The van der Waals surface area contributed by atoms with Gasteiger partial charge in [-0.3, -0.25) is 0 Å². The van der Waals surface area contributed by atoms with Crippen molar-refractivity contribution in [3.8, 4) is 39.9 Å². The zero-order valence-electron chi connectivity index (χ0n) is 18.7. The molecule has 2 aromatic heterocycles. The van der Waals surface area contributed by atoms with E-state index in [0.717, 1.165) is 36.8 Å². The Hall–Kier alpha value is -3.53. The van der Waals surface area contributed by atoms with Crippen molar-refractivity contribution in [2.45, 2.75) is 50.0 Å². The van der Waals surface area contributed by atoms with Crippen LogP contribution in [0.25, 0.3) is 22.5 Å². The molecule has 9 nitrogen and oxygen atoms in total. The van der Waals surface area contributed by atoms with E-state index in [4.69, 9.17) is 9.47 Å². The van der Waals surface area contributed by atoms with Crippen LogP contribution in [0.15, 0.2) is 36.7 Å². The topological polar surface area (TPSA) is 106 Å². The minimum Gasteiger partial charge on any atom is -0.507 e. The number of ether oxygens (including phenoxy) is 2. The Morgan fingerprint density at radius 1 is 1.09 bits per heavy atom. The van der Waals surface area contributed by atoms with Gasteiger partial charge in [0.05, 0.1) is 17.8 Å². The van der Waals surface area contributed by atoms with Crippen molar-refractivity contribution in [1.29, 1.82) is 0 Å². The molecule has 6 rings (SSSR count). The number of aromatic hydroxyl groups is 1. The molecule has 1 aromatic carbocycles. The molecule has 0 amide bonds. The molecule has 5 heterocycles. The summed E-state index contributed by atoms with van der Waals surface area (Å²) in [7, 11) is 1.84. The number of nitrogens with one attached hydrogen (secondary N) is 1. The molecule has 0 radical (unpaired) electrons. The van der Waals surface area contributed by atoms with Crippen LogP contribution in [0.2, 0.25) is 0 Å². The zero-order chi connectivity index (χ0) is 23.2. The van der Waals surface area contributed by atoms with E-state index >= 15 is 4.39 Å². The number of fused-ring (bicyclic) bond motifs is 3. The predicted octanol–water partition coefficient (Wildman–Crippen LogP) is 3.09. The van der Waals surface area contributed by atoms with Crippen molar-refractivity contribution in [1.82, 2.24) is 25.5 Å². The van der Waals surface area contributed by atoms with Gasteiger partial charge in [0.2, 0.25) is 6.79 Å². The van der Waals surface area contributed by atoms with Gasteiger partial charge in [-0.2, -0.15) is 0 Å². The lowest BCUT2D eigenvalue weighted by atomic mass is 9.82. The maximum absolute atomic E-state index is 15.1. The van der Waals surface area contributed by atoms with Crippen LogP contribution in [0, 0.1) is 0 Å². The highest BCUT2D eigenvalue weighted by atomic mass is 19.1. The predicted molar refractivity (Wildman–Crippen MR) is 123 cm³/mol. The van der Waals surface area contributed by atoms with Crippen LogP contribution in [0.1, 0.15) is 25.7 Å². The molecule has 3 aliphatic heterocycles. The summed E-state index contributed by atoms with van der Waals surface area (Å²) in [6.07, 6.45) is 6.03. The summed E-state index contributed by atoms with van der Waals surface area (Å²) >= 11 is 0. The first-order valence-corrected chi connectivity index (χ1v) is 11.5. The summed E-state index contributed by atoms with van der Waals surface area (Å²) in [6, 6.07) is 7.00. The number of aromatic nitrogens is 4. The van der Waals surface area contributed by atoms with Gasteiger partial charge >= 0.3 is 0 Å². The number of phenols is 1. The molecule has 34 heavy (non-hydrogen) atoms. The van der Waals surface area contributed by atoms with Gasteiger partial charge in [0.1, 0.15) is 11.9 Å². The van der Waals surface area contributed by atoms with E-state index < -0.39 is 6.17 Å². The lowest BCUT2D eigenvalue weighted by molar-refractivity contribution is 0.107. The molecule has 0 spiro atoms. The van der Waals surface area contributed by atoms with Crippen LogP contribution in [0.4, 0.5) is 10.2 Å². The van der Waals surface area contributed by atoms with Crippen molar-refractivity contribution < 1.29 is 19.0 Å². The van der Waals surface area contributed by atoms with Gasteiger partial charge < -0.3 is 24.8 Å². The van der Waals surface area contributed by atoms with Gasteiger partial charge in [-0.25, -0.2) is 14.4 Å². The number of pyridine rings is 1. The number of hydrogen-bond donors (Lipinski definition) is 2. The van der Waals surface area contributed by atoms with E-state index in [2.05, 4.69) is 25.5 Å². The Morgan fingerprint density at radius 3 is 2.82 bits per heavy atom. The Balaban J connectivity index is 1.21. The number of nitrogens with zero attached hydrogens (tertiary/aromatic N) is 5. The smallest absolute Gasteiger partial charge is 0.260 e. The first kappa shape index (κ1) is 21.0. The number of benzene rings is 1. The minimum absolute atomic E-state index is 0.0214. The van der Waals surface area contributed by atoms with E-state index in [1.165, 1.54) is 0 Å². The third-order valence-corrected chi connectivity index (χ3v) is 7.00. The van der Waals surface area contributed by atoms with Gasteiger partial charge in [0.15, 0.2) is 17.4 Å². The average molecular weight is 465 g/mol. The van der Waals surface area contributed by atoms with Gasteiger partial charge in [0, 0.05) is 30.9 Å². The highest BCUT2D eigenvalue weighted by molar-refractivity contribution is 5.73. The lowest BCUT2D eigenvalue weighted by Crippen LogP contribution is -2.61. The summed E-state index contributed by atoms with van der Waals surface area (Å²) in [5, 5.41) is 22.6. The van der Waals surface area contributed by atoms with Crippen molar-refractivity contribution in [2.24, 2.45) is 0 Å². The second kappa shape index (κ2) is 8.35. The Morgan fingerprint density at radius 2 is 2.00 bits per heavy atom. The van der Waals surface area contributed by atoms with Crippen LogP contribution >= 0.6 is 0 Å². The fraction of sp³-hybridized carbons (Fsp3) is 0.417. The molecule has 3 aliphatic rings. The quantitative estimate of drug-likeness (QED) is 0.602. The number of anilines is 1. The standard InChI is InChI=1S/C24H25FN6O3/c1-31(18-9-15-3-2-4-17(28-15)22(18)25)21-11-26-23(30-29-21)16-6-5-13(7-19(16)32)14-8-20-24(27-10-14)34-12-33-20/h5-8,10-11,15,17-18,22,28,32H,2-4,9,12H2,1H3/t15-,17+,18-,22+/m0/s1. The van der Waals surface area contributed by atoms with Crippen LogP contribution < -0.4 is 19.7 Å². The summed E-state index contributed by atoms with van der Waals surface area (Å²) in [5.74, 6) is 1.86. The van der Waals surface area contributed by atoms with Gasteiger partial charge in [-0.1, -0.05) is 12.5 Å². The molecule has 3 aromatic rings. The molecule has 2 N–H and O–H groups in total. The number of piperidine rings is 2. The van der Waals surface area contributed by atoms with Crippen LogP contribution in [-0.4, -0.2) is 63.4 Å². The molecule has 176 valence electrons. The molecule has 0 unspecified atom stereocenters. The fourth-order valence-electron chi connectivity index (χ4n) is 5.13. The first-order valence-electron chi connectivity index (χ1n) is 11.5. The third-order valence-electron chi connectivity index (χ3n) is 7.00. The monoisotopic (exact) mass is 464 g/mol. The molecule has 2 saturated heterocycles. The maximum atomic E-state index is 15.1. The highest BCUT2D eigenvalue weighted by Crippen LogP contribution is 2.37. The molecule has 10 heteroatoms. The number of alkyl halides is 1. The lowest BCUT2D eigenvalue weighted by Gasteiger charge is -2.45.